The molecule has 0 saturated carbocycles. The summed E-state index contributed by atoms with van der Waals surface area (Å²) in [6.07, 6.45) is 1.61. The maximum atomic E-state index is 11.9. The van der Waals surface area contributed by atoms with Crippen molar-refractivity contribution in [2.45, 2.75) is 39.3 Å². The summed E-state index contributed by atoms with van der Waals surface area (Å²) in [7, 11) is 1.67. The Labute approximate surface area is 107 Å². The van der Waals surface area contributed by atoms with Crippen LogP contribution < -0.4 is 10.6 Å². The van der Waals surface area contributed by atoms with Crippen molar-refractivity contribution in [1.82, 2.24) is 9.78 Å². The van der Waals surface area contributed by atoms with E-state index < -0.39 is 0 Å². The van der Waals surface area contributed by atoms with Crippen LogP contribution in [-0.2, 0) is 16.1 Å². The van der Waals surface area contributed by atoms with Gasteiger partial charge in [0.2, 0.25) is 5.91 Å². The number of hydrogen-bond donors (Lipinski definition) is 2. The van der Waals surface area contributed by atoms with Gasteiger partial charge in [0.15, 0.2) is 0 Å². The van der Waals surface area contributed by atoms with Crippen molar-refractivity contribution in [3.05, 3.63) is 5.69 Å². The van der Waals surface area contributed by atoms with Crippen LogP contribution in [0.1, 0.15) is 25.5 Å². The number of carbonyl (C=O) groups excluding carboxylic acids is 1. The molecule has 0 saturated heterocycles. The molecule has 6 nitrogen and oxygen atoms in total. The van der Waals surface area contributed by atoms with Crippen LogP contribution in [-0.4, -0.2) is 35.4 Å². The highest BCUT2D eigenvalue weighted by Crippen LogP contribution is 2.30. The number of aromatic nitrogens is 2. The summed E-state index contributed by atoms with van der Waals surface area (Å²) in [4.78, 5) is 11.9. The molecule has 0 spiro atoms. The third kappa shape index (κ3) is 2.33. The van der Waals surface area contributed by atoms with Gasteiger partial charge in [-0.1, -0.05) is 0 Å². The molecule has 1 atom stereocenters. The number of nitrogens with one attached hydrogen (secondary N) is 2. The van der Waals surface area contributed by atoms with Gasteiger partial charge >= 0.3 is 0 Å². The Morgan fingerprint density at radius 1 is 1.50 bits per heavy atom. The molecule has 1 aliphatic heterocycles. The van der Waals surface area contributed by atoms with E-state index in [1.54, 1.807) is 7.11 Å². The van der Waals surface area contributed by atoms with Gasteiger partial charge in [-0.3, -0.25) is 4.79 Å². The summed E-state index contributed by atoms with van der Waals surface area (Å²) < 4.78 is 6.89. The average molecular weight is 252 g/mol. The van der Waals surface area contributed by atoms with Crippen LogP contribution in [0, 0.1) is 6.92 Å². The number of hydrogen-bond acceptors (Lipinski definition) is 4. The number of ether oxygens (including phenoxy) is 1. The lowest BCUT2D eigenvalue weighted by molar-refractivity contribution is -0.117. The van der Waals surface area contributed by atoms with E-state index in [2.05, 4.69) is 15.7 Å². The highest BCUT2D eigenvalue weighted by Gasteiger charge is 2.29. The van der Waals surface area contributed by atoms with Crippen LogP contribution in [0.15, 0.2) is 0 Å². The van der Waals surface area contributed by atoms with Crippen LogP contribution in [0.4, 0.5) is 11.5 Å². The van der Waals surface area contributed by atoms with E-state index in [-0.39, 0.29) is 11.9 Å². The van der Waals surface area contributed by atoms with Gasteiger partial charge in [-0.2, -0.15) is 5.10 Å². The smallest absolute Gasteiger partial charge is 0.247 e. The minimum Gasteiger partial charge on any atom is -0.385 e. The number of nitrogens with zero attached hydrogens (tertiary/aromatic N) is 2. The van der Waals surface area contributed by atoms with Gasteiger partial charge in [-0.15, -0.1) is 0 Å². The summed E-state index contributed by atoms with van der Waals surface area (Å²) in [5.74, 6) is 0.925. The first-order valence-corrected chi connectivity index (χ1v) is 6.31. The fourth-order valence-corrected chi connectivity index (χ4v) is 2.18. The summed E-state index contributed by atoms with van der Waals surface area (Å²) in [5, 5.41) is 10.6. The van der Waals surface area contributed by atoms with Crippen molar-refractivity contribution in [3.8, 4) is 0 Å². The van der Waals surface area contributed by atoms with Gasteiger partial charge in [0.25, 0.3) is 0 Å². The van der Waals surface area contributed by atoms with Crippen molar-refractivity contribution >= 4 is 17.4 Å². The third-order valence-corrected chi connectivity index (χ3v) is 3.14. The number of anilines is 2. The number of amides is 1. The van der Waals surface area contributed by atoms with Crippen molar-refractivity contribution in [1.29, 1.82) is 0 Å². The van der Waals surface area contributed by atoms with E-state index in [1.165, 1.54) is 0 Å². The van der Waals surface area contributed by atoms with Gasteiger partial charge < -0.3 is 15.4 Å². The van der Waals surface area contributed by atoms with Crippen LogP contribution in [0.3, 0.4) is 0 Å². The fraction of sp³-hybridized carbons (Fsp3) is 0.667. The molecular formula is C12H20N4O2. The minimum atomic E-state index is -0.200. The third-order valence-electron chi connectivity index (χ3n) is 3.14. The Hall–Kier alpha value is -1.56. The second-order valence-electron chi connectivity index (χ2n) is 4.45. The second-order valence-corrected chi connectivity index (χ2v) is 4.45. The standard InChI is InChI=1S/C12H20N4O2/c1-4-16-11-10(8(2)15-16)14-12(17)9(13-11)6-5-7-18-3/h9,13H,4-7H2,1-3H3,(H,14,17). The van der Waals surface area contributed by atoms with Crippen molar-refractivity contribution in [2.24, 2.45) is 0 Å². The molecule has 1 aromatic heterocycles. The molecule has 6 heteroatoms. The van der Waals surface area contributed by atoms with Crippen molar-refractivity contribution in [3.63, 3.8) is 0 Å². The maximum Gasteiger partial charge on any atom is 0.247 e. The van der Waals surface area contributed by atoms with E-state index in [0.717, 1.165) is 36.6 Å². The van der Waals surface area contributed by atoms with E-state index in [4.69, 9.17) is 4.74 Å². The van der Waals surface area contributed by atoms with Crippen LogP contribution in [0.5, 0.6) is 0 Å². The average Bonchev–Trinajstić information content (AvgIpc) is 2.66. The molecule has 0 bridgehead atoms. The number of methoxy groups -OCH3 is 1. The Morgan fingerprint density at radius 2 is 2.28 bits per heavy atom. The SMILES string of the molecule is CCn1nc(C)c2c1NC(CCCOC)C(=O)N2. The lowest BCUT2D eigenvalue weighted by Gasteiger charge is -2.25. The monoisotopic (exact) mass is 252 g/mol. The van der Waals surface area contributed by atoms with E-state index in [1.807, 2.05) is 18.5 Å². The molecule has 0 aromatic carbocycles. The van der Waals surface area contributed by atoms with Gasteiger partial charge in [-0.05, 0) is 26.7 Å². The van der Waals surface area contributed by atoms with Crippen LogP contribution in [0.25, 0.3) is 0 Å². The molecule has 2 N–H and O–H groups in total. The molecule has 18 heavy (non-hydrogen) atoms. The minimum absolute atomic E-state index is 0.0114. The molecule has 2 rings (SSSR count). The molecule has 100 valence electrons. The molecule has 0 aliphatic carbocycles. The molecular weight excluding hydrogens is 232 g/mol. The Bertz CT molecular complexity index is 442. The predicted octanol–water partition coefficient (Wildman–Crippen LogP) is 1.37. The first-order valence-electron chi connectivity index (χ1n) is 6.31. The number of fused-ring (bicyclic) bond motifs is 1. The van der Waals surface area contributed by atoms with Crippen LogP contribution >= 0.6 is 0 Å². The normalized spacial score (nSPS) is 18.2. The topological polar surface area (TPSA) is 68.2 Å². The van der Waals surface area contributed by atoms with Gasteiger partial charge in [-0.25, -0.2) is 4.68 Å². The van der Waals surface area contributed by atoms with Crippen molar-refractivity contribution in [2.75, 3.05) is 24.4 Å². The Kier molecular flexibility index (Phi) is 3.86. The predicted molar refractivity (Wildman–Crippen MR) is 69.8 cm³/mol. The summed E-state index contributed by atoms with van der Waals surface area (Å²) >= 11 is 0. The Balaban J connectivity index is 2.13. The summed E-state index contributed by atoms with van der Waals surface area (Å²) in [5.41, 5.74) is 1.66. The van der Waals surface area contributed by atoms with E-state index in [9.17, 15) is 4.79 Å². The van der Waals surface area contributed by atoms with Crippen LogP contribution in [0.2, 0.25) is 0 Å². The van der Waals surface area contributed by atoms with E-state index in [0.29, 0.717) is 6.61 Å². The van der Waals surface area contributed by atoms with Crippen molar-refractivity contribution < 1.29 is 9.53 Å². The molecule has 1 amide bonds. The number of rotatable bonds is 5. The first kappa shape index (κ1) is 12.9. The molecule has 1 unspecified atom stereocenters. The quantitative estimate of drug-likeness (QED) is 0.777. The van der Waals surface area contributed by atoms with Gasteiger partial charge in [0, 0.05) is 20.3 Å². The zero-order chi connectivity index (χ0) is 13.1. The highest BCUT2D eigenvalue weighted by atomic mass is 16.5. The van der Waals surface area contributed by atoms with Gasteiger partial charge in [0.1, 0.15) is 17.5 Å². The second kappa shape index (κ2) is 5.39. The van der Waals surface area contributed by atoms with E-state index >= 15 is 0 Å². The molecule has 1 aromatic rings. The van der Waals surface area contributed by atoms with Gasteiger partial charge in [0.05, 0.1) is 5.69 Å². The molecule has 0 radical (unpaired) electrons. The maximum absolute atomic E-state index is 11.9. The number of aryl methyl sites for hydroxylation is 2. The highest BCUT2D eigenvalue weighted by molar-refractivity contribution is 6.02. The molecule has 1 aliphatic rings. The largest absolute Gasteiger partial charge is 0.385 e. The lowest BCUT2D eigenvalue weighted by Crippen LogP contribution is -2.39. The lowest BCUT2D eigenvalue weighted by atomic mass is 10.1. The fourth-order valence-electron chi connectivity index (χ4n) is 2.18. The number of carbonyl (C=O) groups is 1. The summed E-state index contributed by atoms with van der Waals surface area (Å²) in [6, 6.07) is -0.200. The molecule has 2 heterocycles. The molecule has 0 fully saturated rings. The summed E-state index contributed by atoms with van der Waals surface area (Å²) in [6.45, 7) is 5.39. The Morgan fingerprint density at radius 3 is 2.94 bits per heavy atom. The first-order chi connectivity index (χ1) is 8.67. The zero-order valence-corrected chi connectivity index (χ0v) is 11.1. The zero-order valence-electron chi connectivity index (χ0n) is 11.1.